The molecule has 11 heteroatoms. The van der Waals surface area contributed by atoms with Gasteiger partial charge in [0.05, 0.1) is 12.7 Å². The zero-order valence-corrected chi connectivity index (χ0v) is 19.4. The fourth-order valence-electron chi connectivity index (χ4n) is 3.85. The summed E-state index contributed by atoms with van der Waals surface area (Å²) in [5, 5.41) is 20.6. The molecule has 2 aromatic heterocycles. The Kier molecular flexibility index (Phi) is 9.29. The minimum atomic E-state index is -0.406. The molecule has 0 saturated heterocycles. The lowest BCUT2D eigenvalue weighted by Gasteiger charge is -2.16. The summed E-state index contributed by atoms with van der Waals surface area (Å²) < 4.78 is 14.9. The molecule has 0 atom stereocenters. The van der Waals surface area contributed by atoms with E-state index in [0.717, 1.165) is 23.8 Å². The largest absolute Gasteiger partial charge is 0.351 e. The van der Waals surface area contributed by atoms with Crippen molar-refractivity contribution in [2.45, 2.75) is 76.4 Å². The summed E-state index contributed by atoms with van der Waals surface area (Å²) in [7, 11) is 0. The third kappa shape index (κ3) is 6.50. The predicted molar refractivity (Wildman–Crippen MR) is 117 cm³/mol. The minimum Gasteiger partial charge on any atom is -0.351 e. The second-order valence-electron chi connectivity index (χ2n) is 7.44. The van der Waals surface area contributed by atoms with Gasteiger partial charge in [0, 0.05) is 32.2 Å². The molecule has 1 fully saturated rings. The van der Waals surface area contributed by atoms with Crippen LogP contribution in [0.25, 0.3) is 0 Å². The quantitative estimate of drug-likeness (QED) is 0.281. The van der Waals surface area contributed by atoms with Crippen LogP contribution in [0.1, 0.15) is 68.3 Å². The molecule has 172 valence electrons. The van der Waals surface area contributed by atoms with Crippen molar-refractivity contribution in [3.8, 4) is 0 Å². The highest BCUT2D eigenvalue weighted by Gasteiger charge is 2.23. The van der Waals surface area contributed by atoms with Gasteiger partial charge in [0.25, 0.3) is 5.91 Å². The van der Waals surface area contributed by atoms with Crippen LogP contribution in [0.4, 0.5) is 0 Å². The third-order valence-electron chi connectivity index (χ3n) is 5.28. The van der Waals surface area contributed by atoms with Crippen LogP contribution >= 0.6 is 11.8 Å². The van der Waals surface area contributed by atoms with Crippen molar-refractivity contribution < 1.29 is 14.3 Å². The number of nitrogens with one attached hydrogen (secondary N) is 1. The Labute approximate surface area is 187 Å². The average molecular weight is 452 g/mol. The lowest BCUT2D eigenvalue weighted by molar-refractivity contribution is -0.145. The molecule has 1 amide bonds. The summed E-state index contributed by atoms with van der Waals surface area (Å²) in [6.07, 6.45) is 9.73. The molecule has 0 unspecified atom stereocenters. The molecule has 3 rings (SSSR count). The van der Waals surface area contributed by atoms with E-state index in [1.807, 2.05) is 20.1 Å². The van der Waals surface area contributed by atoms with Crippen molar-refractivity contribution in [2.75, 3.05) is 26.0 Å². The van der Waals surface area contributed by atoms with Gasteiger partial charge in [0.1, 0.15) is 5.82 Å². The van der Waals surface area contributed by atoms with Crippen molar-refractivity contribution in [1.29, 1.82) is 0 Å². The molecule has 31 heavy (non-hydrogen) atoms. The number of aromatic nitrogens is 6. The Bertz CT molecular complexity index is 814. The van der Waals surface area contributed by atoms with Gasteiger partial charge in [0.2, 0.25) is 0 Å². The van der Waals surface area contributed by atoms with Crippen molar-refractivity contribution in [2.24, 2.45) is 0 Å². The van der Waals surface area contributed by atoms with Gasteiger partial charge >= 0.3 is 0 Å². The summed E-state index contributed by atoms with van der Waals surface area (Å²) in [5.41, 5.74) is 0.283. The van der Waals surface area contributed by atoms with E-state index in [4.69, 9.17) is 9.47 Å². The third-order valence-corrected chi connectivity index (χ3v) is 5.93. The number of thioether (sulfide) groups is 1. The molecule has 0 radical (unpaired) electrons. The first-order chi connectivity index (χ1) is 15.2. The van der Waals surface area contributed by atoms with Crippen LogP contribution in [-0.2, 0) is 22.4 Å². The molecule has 0 spiro atoms. The Morgan fingerprint density at radius 2 is 1.97 bits per heavy atom. The summed E-state index contributed by atoms with van der Waals surface area (Å²) in [4.78, 5) is 12.4. The van der Waals surface area contributed by atoms with E-state index < -0.39 is 6.29 Å². The molecular formula is C20H33N7O3S. The molecule has 1 saturated carbocycles. The fraction of sp³-hybridized carbons (Fsp3) is 0.750. The number of hydrogen-bond acceptors (Lipinski definition) is 8. The molecule has 0 bridgehead atoms. The number of nitrogens with zero attached hydrogens (tertiary/aromatic N) is 6. The summed E-state index contributed by atoms with van der Waals surface area (Å²) >= 11 is 1.64. The molecule has 2 aromatic rings. The van der Waals surface area contributed by atoms with E-state index in [1.54, 1.807) is 22.6 Å². The van der Waals surface area contributed by atoms with Gasteiger partial charge in [-0.1, -0.05) is 29.8 Å². The van der Waals surface area contributed by atoms with Crippen LogP contribution in [0.15, 0.2) is 11.4 Å². The van der Waals surface area contributed by atoms with E-state index in [2.05, 4.69) is 30.4 Å². The van der Waals surface area contributed by atoms with Crippen LogP contribution in [-0.4, -0.2) is 68.0 Å². The Balaban J connectivity index is 1.47. The van der Waals surface area contributed by atoms with Gasteiger partial charge in [-0.05, 0) is 39.4 Å². The van der Waals surface area contributed by atoms with Crippen molar-refractivity contribution in [3.63, 3.8) is 0 Å². The van der Waals surface area contributed by atoms with Gasteiger partial charge in [0.15, 0.2) is 17.1 Å². The Morgan fingerprint density at radius 1 is 1.23 bits per heavy atom. The standard InChI is InChI=1S/C20H33N7O3S/c1-4-29-18(30-5-2)14-26-13-16(22-25-26)19(28)21-12-8-11-17-23-24-20(31-3)27(17)15-9-6-7-10-15/h13,15,18H,4-12,14H2,1-3H3,(H,21,28). The second kappa shape index (κ2) is 12.2. The van der Waals surface area contributed by atoms with Crippen LogP contribution in [0.5, 0.6) is 0 Å². The van der Waals surface area contributed by atoms with Gasteiger partial charge in [-0.3, -0.25) is 4.79 Å². The normalized spacial score (nSPS) is 14.6. The first-order valence-electron chi connectivity index (χ1n) is 11.1. The lowest BCUT2D eigenvalue weighted by Crippen LogP contribution is -2.26. The van der Waals surface area contributed by atoms with Gasteiger partial charge in [-0.2, -0.15) is 0 Å². The van der Waals surface area contributed by atoms with Crippen molar-refractivity contribution in [3.05, 3.63) is 17.7 Å². The second-order valence-corrected chi connectivity index (χ2v) is 8.21. The number of hydrogen-bond donors (Lipinski definition) is 1. The molecule has 2 heterocycles. The molecule has 1 aliphatic rings. The summed E-state index contributed by atoms with van der Waals surface area (Å²) in [5.74, 6) is 0.770. The van der Waals surface area contributed by atoms with E-state index in [0.29, 0.717) is 32.3 Å². The molecular weight excluding hydrogens is 418 g/mol. The van der Waals surface area contributed by atoms with E-state index in [9.17, 15) is 4.79 Å². The van der Waals surface area contributed by atoms with Crippen LogP contribution < -0.4 is 5.32 Å². The zero-order chi connectivity index (χ0) is 22.1. The predicted octanol–water partition coefficient (Wildman–Crippen LogP) is 2.47. The van der Waals surface area contributed by atoms with Crippen molar-refractivity contribution in [1.82, 2.24) is 35.1 Å². The Morgan fingerprint density at radius 3 is 2.65 bits per heavy atom. The number of carbonyl (C=O) groups is 1. The Hall–Kier alpha value is -1.98. The maximum absolute atomic E-state index is 12.4. The summed E-state index contributed by atoms with van der Waals surface area (Å²) in [6, 6.07) is 0.509. The van der Waals surface area contributed by atoms with Crippen LogP contribution in [0.3, 0.4) is 0 Å². The monoisotopic (exact) mass is 451 g/mol. The van der Waals surface area contributed by atoms with Gasteiger partial charge in [-0.25, -0.2) is 4.68 Å². The molecule has 1 N–H and O–H groups in total. The maximum Gasteiger partial charge on any atom is 0.273 e. The molecule has 1 aliphatic carbocycles. The molecule has 0 aliphatic heterocycles. The number of carbonyl (C=O) groups excluding carboxylic acids is 1. The van der Waals surface area contributed by atoms with Gasteiger partial charge < -0.3 is 19.4 Å². The molecule has 10 nitrogen and oxygen atoms in total. The number of aryl methyl sites for hydroxylation is 1. The first-order valence-corrected chi connectivity index (χ1v) is 12.3. The topological polar surface area (TPSA) is 109 Å². The fourth-order valence-corrected chi connectivity index (χ4v) is 4.43. The van der Waals surface area contributed by atoms with E-state index in [1.165, 1.54) is 25.7 Å². The zero-order valence-electron chi connectivity index (χ0n) is 18.6. The van der Waals surface area contributed by atoms with E-state index in [-0.39, 0.29) is 11.6 Å². The van der Waals surface area contributed by atoms with Crippen LogP contribution in [0, 0.1) is 0 Å². The number of amides is 1. The molecule has 0 aromatic carbocycles. The smallest absolute Gasteiger partial charge is 0.273 e. The average Bonchev–Trinajstić information content (AvgIpc) is 3.51. The van der Waals surface area contributed by atoms with E-state index >= 15 is 0 Å². The van der Waals surface area contributed by atoms with Gasteiger partial charge in [-0.15, -0.1) is 15.3 Å². The highest BCUT2D eigenvalue weighted by Crippen LogP contribution is 2.33. The number of rotatable bonds is 13. The maximum atomic E-state index is 12.4. The lowest BCUT2D eigenvalue weighted by atomic mass is 10.2. The summed E-state index contributed by atoms with van der Waals surface area (Å²) in [6.45, 7) is 5.82. The van der Waals surface area contributed by atoms with Crippen LogP contribution in [0.2, 0.25) is 0 Å². The highest BCUT2D eigenvalue weighted by molar-refractivity contribution is 7.98. The SMILES string of the molecule is CCOC(Cn1cc(C(=O)NCCCc2nnc(SC)n2C2CCCC2)nn1)OCC. The van der Waals surface area contributed by atoms with Crippen molar-refractivity contribution >= 4 is 17.7 Å². The first kappa shape index (κ1) is 23.7. The minimum absolute atomic E-state index is 0.238. The number of ether oxygens (including phenoxy) is 2. The highest BCUT2D eigenvalue weighted by atomic mass is 32.2.